The Labute approximate surface area is 164 Å². The lowest BCUT2D eigenvalue weighted by Crippen LogP contribution is -2.15. The number of amides is 1. The molecule has 0 aliphatic rings. The van der Waals surface area contributed by atoms with Crippen LogP contribution < -0.4 is 10.5 Å². The highest BCUT2D eigenvalue weighted by Gasteiger charge is 2.15. The third-order valence-corrected chi connectivity index (χ3v) is 6.34. The molecule has 3 N–H and O–H groups in total. The highest BCUT2D eigenvalue weighted by Crippen LogP contribution is 2.27. The number of thioether (sulfide) groups is 1. The first-order chi connectivity index (χ1) is 12.9. The topological polar surface area (TPSA) is 120 Å². The van der Waals surface area contributed by atoms with Gasteiger partial charge in [0, 0.05) is 12.2 Å². The van der Waals surface area contributed by atoms with E-state index in [4.69, 9.17) is 5.14 Å². The number of anilines is 1. The van der Waals surface area contributed by atoms with Crippen LogP contribution in [0.2, 0.25) is 0 Å². The first-order valence-corrected chi connectivity index (χ1v) is 11.3. The van der Waals surface area contributed by atoms with E-state index in [1.807, 2.05) is 29.0 Å². The van der Waals surface area contributed by atoms with Gasteiger partial charge in [-0.1, -0.05) is 17.8 Å². The molecular formula is C16H17N5O3S3. The maximum Gasteiger partial charge on any atom is 0.238 e. The molecule has 0 unspecified atom stereocenters. The van der Waals surface area contributed by atoms with Gasteiger partial charge in [0.25, 0.3) is 0 Å². The molecule has 0 aliphatic carbocycles. The van der Waals surface area contributed by atoms with Crippen LogP contribution in [-0.4, -0.2) is 34.8 Å². The van der Waals surface area contributed by atoms with E-state index in [0.717, 1.165) is 10.7 Å². The van der Waals surface area contributed by atoms with Gasteiger partial charge in [0.15, 0.2) is 11.0 Å². The average molecular weight is 424 g/mol. The van der Waals surface area contributed by atoms with Crippen LogP contribution in [0.4, 0.5) is 5.69 Å². The van der Waals surface area contributed by atoms with Crippen molar-refractivity contribution in [3.05, 3.63) is 41.8 Å². The number of hydrogen-bond donors (Lipinski definition) is 2. The normalized spacial score (nSPS) is 11.5. The molecule has 0 saturated carbocycles. The average Bonchev–Trinajstić information content (AvgIpc) is 3.28. The SMILES string of the molecule is CCn1c(SCC(=O)Nc2ccc(S(N)(=O)=O)cc2)nnc1-c1cccs1. The third kappa shape index (κ3) is 4.75. The Morgan fingerprint density at radius 2 is 2.00 bits per heavy atom. The lowest BCUT2D eigenvalue weighted by atomic mass is 10.3. The summed E-state index contributed by atoms with van der Waals surface area (Å²) in [6, 6.07) is 9.61. The summed E-state index contributed by atoms with van der Waals surface area (Å²) in [6.07, 6.45) is 0. The molecule has 0 bridgehead atoms. The molecule has 0 fully saturated rings. The zero-order valence-corrected chi connectivity index (χ0v) is 16.8. The number of nitrogens with one attached hydrogen (secondary N) is 1. The highest BCUT2D eigenvalue weighted by molar-refractivity contribution is 7.99. The van der Waals surface area contributed by atoms with E-state index in [-0.39, 0.29) is 16.6 Å². The van der Waals surface area contributed by atoms with Crippen LogP contribution in [0.25, 0.3) is 10.7 Å². The van der Waals surface area contributed by atoms with Gasteiger partial charge >= 0.3 is 0 Å². The van der Waals surface area contributed by atoms with Gasteiger partial charge in [0.05, 0.1) is 15.5 Å². The van der Waals surface area contributed by atoms with Crippen molar-refractivity contribution in [2.24, 2.45) is 5.14 Å². The molecule has 142 valence electrons. The molecule has 27 heavy (non-hydrogen) atoms. The highest BCUT2D eigenvalue weighted by atomic mass is 32.2. The zero-order chi connectivity index (χ0) is 19.4. The maximum absolute atomic E-state index is 12.2. The van der Waals surface area contributed by atoms with Gasteiger partial charge in [0.1, 0.15) is 0 Å². The number of carbonyl (C=O) groups excluding carboxylic acids is 1. The first kappa shape index (κ1) is 19.5. The minimum absolute atomic E-state index is 0.00738. The fourth-order valence-electron chi connectivity index (χ4n) is 2.32. The van der Waals surface area contributed by atoms with Crippen molar-refractivity contribution < 1.29 is 13.2 Å². The molecule has 0 saturated heterocycles. The number of hydrogen-bond acceptors (Lipinski definition) is 7. The molecular weight excluding hydrogens is 406 g/mol. The van der Waals surface area contributed by atoms with Gasteiger partial charge in [-0.3, -0.25) is 4.79 Å². The number of aromatic nitrogens is 3. The summed E-state index contributed by atoms with van der Waals surface area (Å²) >= 11 is 2.87. The van der Waals surface area contributed by atoms with Gasteiger partial charge in [0.2, 0.25) is 15.9 Å². The van der Waals surface area contributed by atoms with Crippen LogP contribution in [0.5, 0.6) is 0 Å². The van der Waals surface area contributed by atoms with E-state index in [0.29, 0.717) is 17.4 Å². The van der Waals surface area contributed by atoms with E-state index in [9.17, 15) is 13.2 Å². The second kappa shape index (κ2) is 8.21. The van der Waals surface area contributed by atoms with Crippen LogP contribution in [0.15, 0.2) is 51.8 Å². The van der Waals surface area contributed by atoms with Crippen LogP contribution in [0.3, 0.4) is 0 Å². The number of nitrogens with two attached hydrogens (primary N) is 1. The van der Waals surface area contributed by atoms with Crippen molar-refractivity contribution in [1.82, 2.24) is 14.8 Å². The van der Waals surface area contributed by atoms with Gasteiger partial charge in [-0.25, -0.2) is 13.6 Å². The lowest BCUT2D eigenvalue weighted by Gasteiger charge is -2.07. The zero-order valence-electron chi connectivity index (χ0n) is 14.3. The molecule has 3 rings (SSSR count). The van der Waals surface area contributed by atoms with Crippen molar-refractivity contribution in [3.63, 3.8) is 0 Å². The van der Waals surface area contributed by atoms with E-state index < -0.39 is 10.0 Å². The smallest absolute Gasteiger partial charge is 0.238 e. The van der Waals surface area contributed by atoms with E-state index in [1.165, 1.54) is 36.0 Å². The van der Waals surface area contributed by atoms with Crippen LogP contribution in [-0.2, 0) is 21.4 Å². The summed E-state index contributed by atoms with van der Waals surface area (Å²) in [4.78, 5) is 13.2. The second-order valence-corrected chi connectivity index (χ2v) is 8.89. The number of rotatable bonds is 7. The number of thiophene rings is 1. The Morgan fingerprint density at radius 1 is 1.26 bits per heavy atom. The summed E-state index contributed by atoms with van der Waals surface area (Å²) in [5.74, 6) is 0.708. The number of benzene rings is 1. The summed E-state index contributed by atoms with van der Waals surface area (Å²) < 4.78 is 24.5. The first-order valence-electron chi connectivity index (χ1n) is 7.91. The van der Waals surface area contributed by atoms with Crippen molar-refractivity contribution in [3.8, 4) is 10.7 Å². The molecule has 3 aromatic rings. The maximum atomic E-state index is 12.2. The molecule has 1 aromatic carbocycles. The standard InChI is InChI=1S/C16H17N5O3S3/c1-2-21-15(13-4-3-9-25-13)19-20-16(21)26-10-14(22)18-11-5-7-12(8-6-11)27(17,23)24/h3-9H,2,10H2,1H3,(H,18,22)(H2,17,23,24). The Balaban J connectivity index is 1.63. The summed E-state index contributed by atoms with van der Waals surface area (Å²) in [6.45, 7) is 2.69. The van der Waals surface area contributed by atoms with Crippen LogP contribution >= 0.6 is 23.1 Å². The second-order valence-electron chi connectivity index (χ2n) is 5.43. The number of carbonyl (C=O) groups is 1. The molecule has 11 heteroatoms. The number of sulfonamides is 1. The van der Waals surface area contributed by atoms with E-state index in [1.54, 1.807) is 11.3 Å². The summed E-state index contributed by atoms with van der Waals surface area (Å²) in [5, 5.41) is 18.8. The quantitative estimate of drug-likeness (QED) is 0.563. The number of primary sulfonamides is 1. The largest absolute Gasteiger partial charge is 0.325 e. The van der Waals surface area contributed by atoms with Crippen molar-refractivity contribution in [2.45, 2.75) is 23.5 Å². The van der Waals surface area contributed by atoms with Crippen molar-refractivity contribution >= 4 is 44.7 Å². The molecule has 8 nitrogen and oxygen atoms in total. The van der Waals surface area contributed by atoms with Gasteiger partial charge < -0.3 is 9.88 Å². The Kier molecular flexibility index (Phi) is 5.95. The molecule has 2 aromatic heterocycles. The fourth-order valence-corrected chi connectivity index (χ4v) is 4.36. The molecule has 0 radical (unpaired) electrons. The minimum Gasteiger partial charge on any atom is -0.325 e. The molecule has 1 amide bonds. The molecule has 0 spiro atoms. The van der Waals surface area contributed by atoms with Crippen LogP contribution in [0.1, 0.15) is 6.92 Å². The lowest BCUT2D eigenvalue weighted by molar-refractivity contribution is -0.113. The monoisotopic (exact) mass is 423 g/mol. The van der Waals surface area contributed by atoms with Crippen molar-refractivity contribution in [2.75, 3.05) is 11.1 Å². The van der Waals surface area contributed by atoms with Gasteiger partial charge in [-0.05, 0) is 42.6 Å². The Morgan fingerprint density at radius 3 is 2.59 bits per heavy atom. The minimum atomic E-state index is -3.75. The predicted octanol–water partition coefficient (Wildman–Crippen LogP) is 2.40. The Hall–Kier alpha value is -2.21. The fraction of sp³-hybridized carbons (Fsp3) is 0.188. The summed E-state index contributed by atoms with van der Waals surface area (Å²) in [7, 11) is -3.75. The third-order valence-electron chi connectivity index (χ3n) is 3.57. The van der Waals surface area contributed by atoms with Crippen LogP contribution in [0, 0.1) is 0 Å². The van der Waals surface area contributed by atoms with Gasteiger partial charge in [-0.2, -0.15) is 0 Å². The molecule has 0 atom stereocenters. The van der Waals surface area contributed by atoms with E-state index >= 15 is 0 Å². The van der Waals surface area contributed by atoms with Crippen molar-refractivity contribution in [1.29, 1.82) is 0 Å². The predicted molar refractivity (Wildman–Crippen MR) is 106 cm³/mol. The van der Waals surface area contributed by atoms with Gasteiger partial charge in [-0.15, -0.1) is 21.5 Å². The molecule has 0 aliphatic heterocycles. The van der Waals surface area contributed by atoms with E-state index in [2.05, 4.69) is 15.5 Å². The number of nitrogens with zero attached hydrogens (tertiary/aromatic N) is 3. The Bertz CT molecular complexity index is 1030. The molecule has 2 heterocycles. The summed E-state index contributed by atoms with van der Waals surface area (Å²) in [5.41, 5.74) is 0.490.